The van der Waals surface area contributed by atoms with Gasteiger partial charge >= 0.3 is 0 Å². The Hall–Kier alpha value is -2.66. The Labute approximate surface area is 130 Å². The number of anilines is 1. The van der Waals surface area contributed by atoms with E-state index in [2.05, 4.69) is 5.32 Å². The lowest BCUT2D eigenvalue weighted by molar-refractivity contribution is -0.131. The second-order valence-corrected chi connectivity index (χ2v) is 4.80. The SMILES string of the molecule is O=C(C=C(O)c1ccc(F)cc1)C(=O)Nc1ccc(Cl)cc1. The molecule has 0 aromatic heterocycles. The minimum Gasteiger partial charge on any atom is -0.507 e. The van der Waals surface area contributed by atoms with Crippen LogP contribution in [-0.2, 0) is 9.59 Å². The number of aliphatic hydroxyl groups excluding tert-OH is 1. The molecule has 4 nitrogen and oxygen atoms in total. The van der Waals surface area contributed by atoms with Gasteiger partial charge in [-0.1, -0.05) is 11.6 Å². The Kier molecular flexibility index (Phi) is 4.91. The summed E-state index contributed by atoms with van der Waals surface area (Å²) >= 11 is 5.71. The quantitative estimate of drug-likeness (QED) is 0.514. The third-order valence-electron chi connectivity index (χ3n) is 2.73. The molecule has 0 aliphatic heterocycles. The second kappa shape index (κ2) is 6.87. The van der Waals surface area contributed by atoms with E-state index in [4.69, 9.17) is 11.6 Å². The number of carbonyl (C=O) groups excluding carboxylic acids is 2. The van der Waals surface area contributed by atoms with E-state index in [0.29, 0.717) is 10.7 Å². The Balaban J connectivity index is 2.07. The topological polar surface area (TPSA) is 66.4 Å². The molecule has 22 heavy (non-hydrogen) atoms. The van der Waals surface area contributed by atoms with Crippen LogP contribution >= 0.6 is 11.6 Å². The number of hydrogen-bond acceptors (Lipinski definition) is 3. The molecule has 0 heterocycles. The Morgan fingerprint density at radius 3 is 2.23 bits per heavy atom. The third kappa shape index (κ3) is 4.17. The second-order valence-electron chi connectivity index (χ2n) is 4.36. The van der Waals surface area contributed by atoms with E-state index in [1.54, 1.807) is 12.1 Å². The van der Waals surface area contributed by atoms with Crippen LogP contribution in [-0.4, -0.2) is 16.8 Å². The highest BCUT2D eigenvalue weighted by Crippen LogP contribution is 2.14. The van der Waals surface area contributed by atoms with Gasteiger partial charge in [-0.2, -0.15) is 0 Å². The summed E-state index contributed by atoms with van der Waals surface area (Å²) in [5, 5.41) is 12.6. The number of aliphatic hydroxyl groups is 1. The Morgan fingerprint density at radius 2 is 1.64 bits per heavy atom. The smallest absolute Gasteiger partial charge is 0.296 e. The fourth-order valence-corrected chi connectivity index (χ4v) is 1.75. The maximum Gasteiger partial charge on any atom is 0.296 e. The largest absolute Gasteiger partial charge is 0.507 e. The summed E-state index contributed by atoms with van der Waals surface area (Å²) in [6.45, 7) is 0. The number of nitrogens with one attached hydrogen (secondary N) is 1. The summed E-state index contributed by atoms with van der Waals surface area (Å²) in [6.07, 6.45) is 0.776. The minimum absolute atomic E-state index is 0.231. The van der Waals surface area contributed by atoms with Crippen molar-refractivity contribution in [2.45, 2.75) is 0 Å². The van der Waals surface area contributed by atoms with Crippen molar-refractivity contribution in [2.24, 2.45) is 0 Å². The number of hydrogen-bond donors (Lipinski definition) is 2. The number of carbonyl (C=O) groups is 2. The molecule has 0 bridgehead atoms. The van der Waals surface area contributed by atoms with Crippen molar-refractivity contribution in [1.82, 2.24) is 0 Å². The first-order chi connectivity index (χ1) is 10.5. The van der Waals surface area contributed by atoms with Crippen LogP contribution in [0.5, 0.6) is 0 Å². The van der Waals surface area contributed by atoms with Crippen molar-refractivity contribution < 1.29 is 19.1 Å². The van der Waals surface area contributed by atoms with E-state index < -0.39 is 23.3 Å². The van der Waals surface area contributed by atoms with E-state index in [9.17, 15) is 19.1 Å². The fraction of sp³-hybridized carbons (Fsp3) is 0. The Bertz CT molecular complexity index is 724. The van der Waals surface area contributed by atoms with Gasteiger partial charge in [-0.05, 0) is 48.5 Å². The standard InChI is InChI=1S/C16H11ClFNO3/c17-11-3-7-13(8-4-11)19-16(22)15(21)9-14(20)10-1-5-12(18)6-2-10/h1-9,20H,(H,19,22). The monoisotopic (exact) mass is 319 g/mol. The van der Waals surface area contributed by atoms with Crippen LogP contribution in [0.25, 0.3) is 5.76 Å². The zero-order chi connectivity index (χ0) is 16.1. The average molecular weight is 320 g/mol. The normalized spacial score (nSPS) is 11.1. The number of halogens is 2. The summed E-state index contributed by atoms with van der Waals surface area (Å²) in [7, 11) is 0. The van der Waals surface area contributed by atoms with Crippen LogP contribution in [0.4, 0.5) is 10.1 Å². The molecule has 0 fully saturated rings. The van der Waals surface area contributed by atoms with Gasteiger partial charge in [0.05, 0.1) is 0 Å². The lowest BCUT2D eigenvalue weighted by Gasteiger charge is -2.03. The van der Waals surface area contributed by atoms with Crippen molar-refractivity contribution in [3.8, 4) is 0 Å². The highest BCUT2D eigenvalue weighted by atomic mass is 35.5. The molecule has 2 N–H and O–H groups in total. The van der Waals surface area contributed by atoms with E-state index >= 15 is 0 Å². The fourth-order valence-electron chi connectivity index (χ4n) is 1.62. The zero-order valence-electron chi connectivity index (χ0n) is 11.2. The minimum atomic E-state index is -0.934. The number of amides is 1. The molecule has 0 aliphatic rings. The van der Waals surface area contributed by atoms with E-state index in [0.717, 1.165) is 18.2 Å². The molecular formula is C16H11ClFNO3. The van der Waals surface area contributed by atoms with Crippen molar-refractivity contribution in [3.63, 3.8) is 0 Å². The highest BCUT2D eigenvalue weighted by Gasteiger charge is 2.13. The lowest BCUT2D eigenvalue weighted by Crippen LogP contribution is -2.21. The van der Waals surface area contributed by atoms with E-state index in [-0.39, 0.29) is 5.56 Å². The summed E-state index contributed by atoms with van der Waals surface area (Å²) in [5.41, 5.74) is 0.631. The third-order valence-corrected chi connectivity index (χ3v) is 2.99. The van der Waals surface area contributed by atoms with Gasteiger partial charge in [0.15, 0.2) is 0 Å². The van der Waals surface area contributed by atoms with Crippen LogP contribution in [0.3, 0.4) is 0 Å². The molecule has 1 amide bonds. The lowest BCUT2D eigenvalue weighted by atomic mass is 10.1. The van der Waals surface area contributed by atoms with Crippen LogP contribution in [0.1, 0.15) is 5.56 Å². The predicted molar refractivity (Wildman–Crippen MR) is 82.1 cm³/mol. The summed E-state index contributed by atoms with van der Waals surface area (Å²) in [4.78, 5) is 23.4. The number of ketones is 1. The van der Waals surface area contributed by atoms with Gasteiger partial charge in [0.1, 0.15) is 11.6 Å². The molecule has 112 valence electrons. The predicted octanol–water partition coefficient (Wildman–Crippen LogP) is 3.59. The van der Waals surface area contributed by atoms with Crippen LogP contribution in [0.15, 0.2) is 54.6 Å². The molecule has 0 atom stereocenters. The van der Waals surface area contributed by atoms with Crippen LogP contribution in [0.2, 0.25) is 5.02 Å². The van der Waals surface area contributed by atoms with Gasteiger partial charge in [-0.15, -0.1) is 0 Å². The maximum atomic E-state index is 12.8. The van der Waals surface area contributed by atoms with E-state index in [1.165, 1.54) is 24.3 Å². The molecule has 2 aromatic rings. The molecule has 0 aliphatic carbocycles. The first kappa shape index (κ1) is 15.7. The maximum absolute atomic E-state index is 12.8. The molecule has 6 heteroatoms. The van der Waals surface area contributed by atoms with Gasteiger partial charge in [0, 0.05) is 22.3 Å². The zero-order valence-corrected chi connectivity index (χ0v) is 12.0. The molecule has 0 saturated carbocycles. The molecular weight excluding hydrogens is 309 g/mol. The van der Waals surface area contributed by atoms with Gasteiger partial charge < -0.3 is 10.4 Å². The van der Waals surface area contributed by atoms with Crippen molar-refractivity contribution in [1.29, 1.82) is 0 Å². The van der Waals surface area contributed by atoms with E-state index in [1.807, 2.05) is 0 Å². The summed E-state index contributed by atoms with van der Waals surface area (Å²) in [5.74, 6) is -2.73. The number of benzene rings is 2. The van der Waals surface area contributed by atoms with Gasteiger partial charge in [-0.25, -0.2) is 4.39 Å². The van der Waals surface area contributed by atoms with Gasteiger partial charge in [-0.3, -0.25) is 9.59 Å². The van der Waals surface area contributed by atoms with Crippen molar-refractivity contribution in [2.75, 3.05) is 5.32 Å². The molecule has 0 radical (unpaired) electrons. The number of rotatable bonds is 4. The van der Waals surface area contributed by atoms with Crippen molar-refractivity contribution in [3.05, 3.63) is 71.0 Å². The molecule has 2 rings (SSSR count). The highest BCUT2D eigenvalue weighted by molar-refractivity contribution is 6.45. The average Bonchev–Trinajstić information content (AvgIpc) is 2.50. The van der Waals surface area contributed by atoms with Crippen LogP contribution < -0.4 is 5.32 Å². The molecule has 2 aromatic carbocycles. The molecule has 0 spiro atoms. The first-order valence-electron chi connectivity index (χ1n) is 6.23. The van der Waals surface area contributed by atoms with Gasteiger partial charge in [0.25, 0.3) is 5.91 Å². The molecule has 0 saturated heterocycles. The first-order valence-corrected chi connectivity index (χ1v) is 6.61. The van der Waals surface area contributed by atoms with Crippen LogP contribution in [0, 0.1) is 5.82 Å². The summed E-state index contributed by atoms with van der Waals surface area (Å²) in [6, 6.07) is 11.1. The van der Waals surface area contributed by atoms with Crippen molar-refractivity contribution >= 4 is 34.7 Å². The van der Waals surface area contributed by atoms with Gasteiger partial charge in [0.2, 0.25) is 5.78 Å². The Morgan fingerprint density at radius 1 is 1.05 bits per heavy atom. The molecule has 0 unspecified atom stereocenters. The summed E-state index contributed by atoms with van der Waals surface area (Å²) < 4.78 is 12.8.